The average Bonchev–Trinajstić information content (AvgIpc) is 3.55. The maximum atomic E-state index is 14.2. The Hall–Kier alpha value is -10.1. The molecule has 18 N–H and O–H groups in total. The summed E-state index contributed by atoms with van der Waals surface area (Å²) in [4.78, 5) is 202. The molecule has 0 fully saturated rings. The summed E-state index contributed by atoms with van der Waals surface area (Å²) in [5.41, 5.74) is 6.50. The first-order valence-corrected chi connectivity index (χ1v) is 25.1. The van der Waals surface area contributed by atoms with Crippen LogP contribution in [0.15, 0.2) is 60.7 Å². The van der Waals surface area contributed by atoms with Crippen LogP contribution in [0.5, 0.6) is 0 Å². The smallest absolute Gasteiger partial charge is 0.305 e. The summed E-state index contributed by atoms with van der Waals surface area (Å²) >= 11 is 0. The third kappa shape index (κ3) is 26.6. The number of likely N-dealkylation sites (N-methyl/N-ethyl adjacent to an activating group) is 1. The third-order valence-corrected chi connectivity index (χ3v) is 11.5. The summed E-state index contributed by atoms with van der Waals surface area (Å²) < 4.78 is 0. The predicted octanol–water partition coefficient (Wildman–Crippen LogP) is -6.68. The molecule has 0 heterocycles. The number of hydrogen-bond acceptors (Lipinski definition) is 17. The molecule has 2 aromatic carbocycles. The van der Waals surface area contributed by atoms with Gasteiger partial charge in [-0.15, -0.1) is 0 Å². The summed E-state index contributed by atoms with van der Waals surface area (Å²) in [6.07, 6.45) is -5.90. The normalized spacial score (nSPS) is 13.6. The van der Waals surface area contributed by atoms with Crippen LogP contribution in [0.3, 0.4) is 0 Å². The molecular formula is C50H66N12O21. The lowest BCUT2D eigenvalue weighted by molar-refractivity contribution is -0.144. The Labute approximate surface area is 471 Å². The van der Waals surface area contributed by atoms with Crippen LogP contribution in [0, 0.1) is 5.92 Å². The van der Waals surface area contributed by atoms with E-state index in [1.165, 1.54) is 7.05 Å². The van der Waals surface area contributed by atoms with E-state index in [1.807, 2.05) is 31.9 Å². The molecule has 0 saturated heterocycles. The van der Waals surface area contributed by atoms with Gasteiger partial charge >= 0.3 is 29.8 Å². The van der Waals surface area contributed by atoms with Gasteiger partial charge in [-0.05, 0) is 24.1 Å². The second-order valence-electron chi connectivity index (χ2n) is 18.5. The van der Waals surface area contributed by atoms with Gasteiger partial charge in [0.2, 0.25) is 65.0 Å². The SMILES string of the molecule is CN[C@@H](CC(=O)O)C(=O)N[C@@H](CC(=O)O)C(=O)NCC(=O)NCC(=O)NCC(=O)N[C@@H](CC(=O)O)C(=O)N[C@@H](CC(=O)O)C(=O)N[C@@H](CC(=O)O)C(=O)N[C@@H](Cc1ccccc1)C(=O)N[C@@H](Cc1ccccc1)C(=O)NC(C(N)=O)C(C)C. The number of rotatable bonds is 37. The number of amides is 11. The van der Waals surface area contributed by atoms with Crippen molar-refractivity contribution in [1.82, 2.24) is 58.5 Å². The molecule has 2 rings (SSSR count). The van der Waals surface area contributed by atoms with Crippen molar-refractivity contribution in [1.29, 1.82) is 0 Å². The van der Waals surface area contributed by atoms with Crippen LogP contribution in [-0.2, 0) is 89.6 Å². The van der Waals surface area contributed by atoms with Crippen molar-refractivity contribution in [2.24, 2.45) is 11.7 Å². The average molecular weight is 1170 g/mol. The summed E-state index contributed by atoms with van der Waals surface area (Å²) in [5.74, 6) is -21.4. The Morgan fingerprint density at radius 1 is 0.373 bits per heavy atom. The van der Waals surface area contributed by atoms with E-state index in [0.29, 0.717) is 11.1 Å². The fraction of sp³-hybridized carbons (Fsp3) is 0.440. The quantitative estimate of drug-likeness (QED) is 0.0299. The second-order valence-corrected chi connectivity index (χ2v) is 18.5. The Morgan fingerprint density at radius 2 is 0.663 bits per heavy atom. The molecule has 0 aliphatic heterocycles. The standard InChI is InChI=1S/C50H66N12O21/c1-24(2)42(43(51)76)62-50(83)29(15-26-12-8-5-9-13-26)58-46(79)28(14-25-10-6-4-7-11-25)57-48(81)32(19-40(72)73)61-49(82)33(20-41(74)75)60-47(80)31(18-39(70)71)56-36(65)23-54-34(63)21-53-35(64)22-55-44(77)30(17-38(68)69)59-45(78)27(52-3)16-37(66)67/h4-13,24,27-33,42,52H,14-23H2,1-3H3,(H2,51,76)(H,53,64)(H,54,63)(H,55,77)(H,56,65)(H,57,81)(H,58,79)(H,59,78)(H,60,80)(H,61,82)(H,62,83)(H,66,67)(H,68,69)(H,70,71)(H,72,73)(H,74,75)/t27-,28-,29-,30-,31-,32-,33-,42?/m0/s1. The number of aliphatic carboxylic acids is 5. The molecule has 452 valence electrons. The first-order valence-electron chi connectivity index (χ1n) is 25.1. The molecule has 11 amide bonds. The summed E-state index contributed by atoms with van der Waals surface area (Å²) in [7, 11) is 1.23. The highest BCUT2D eigenvalue weighted by molar-refractivity contribution is 6.00. The van der Waals surface area contributed by atoms with Crippen molar-refractivity contribution in [3.8, 4) is 0 Å². The molecule has 0 aliphatic carbocycles. The summed E-state index contributed by atoms with van der Waals surface area (Å²) in [6.45, 7) is 0.448. The van der Waals surface area contributed by atoms with Crippen molar-refractivity contribution in [3.63, 3.8) is 0 Å². The van der Waals surface area contributed by atoms with Crippen LogP contribution >= 0.6 is 0 Å². The monoisotopic (exact) mass is 1170 g/mol. The van der Waals surface area contributed by atoms with Gasteiger partial charge in [0, 0.05) is 12.8 Å². The van der Waals surface area contributed by atoms with Crippen LogP contribution in [0.25, 0.3) is 0 Å². The zero-order valence-corrected chi connectivity index (χ0v) is 44.9. The number of nitrogens with two attached hydrogens (primary N) is 1. The molecule has 83 heavy (non-hydrogen) atoms. The van der Waals surface area contributed by atoms with Gasteiger partial charge in [-0.3, -0.25) is 76.7 Å². The molecular weight excluding hydrogens is 1100 g/mol. The third-order valence-electron chi connectivity index (χ3n) is 11.5. The van der Waals surface area contributed by atoms with Crippen LogP contribution in [-0.4, -0.2) is 195 Å². The summed E-state index contributed by atoms with van der Waals surface area (Å²) in [5, 5.41) is 71.0. The highest BCUT2D eigenvalue weighted by Gasteiger charge is 2.36. The molecule has 0 spiro atoms. The topological polar surface area (TPSA) is 533 Å². The Kier molecular flexibility index (Phi) is 29.0. The van der Waals surface area contributed by atoms with E-state index in [4.69, 9.17) is 10.8 Å². The number of nitrogens with one attached hydrogen (secondary N) is 11. The van der Waals surface area contributed by atoms with E-state index in [2.05, 4.69) is 26.6 Å². The largest absolute Gasteiger partial charge is 0.481 e. The highest BCUT2D eigenvalue weighted by atomic mass is 16.4. The molecule has 1 unspecified atom stereocenters. The minimum Gasteiger partial charge on any atom is -0.481 e. The van der Waals surface area contributed by atoms with E-state index in [1.54, 1.807) is 74.5 Å². The molecule has 8 atom stereocenters. The van der Waals surface area contributed by atoms with E-state index in [0.717, 1.165) is 0 Å². The minimum absolute atomic E-state index is 0.142. The van der Waals surface area contributed by atoms with E-state index in [-0.39, 0.29) is 12.8 Å². The summed E-state index contributed by atoms with van der Waals surface area (Å²) in [6, 6.07) is 2.45. The Balaban J connectivity index is 2.23. The maximum absolute atomic E-state index is 14.2. The van der Waals surface area contributed by atoms with Gasteiger partial charge < -0.3 is 89.8 Å². The van der Waals surface area contributed by atoms with Gasteiger partial charge in [0.1, 0.15) is 42.3 Å². The van der Waals surface area contributed by atoms with Gasteiger partial charge in [0.05, 0.1) is 57.8 Å². The van der Waals surface area contributed by atoms with E-state index in [9.17, 15) is 97.1 Å². The van der Waals surface area contributed by atoms with Crippen LogP contribution in [0.1, 0.15) is 57.1 Å². The zero-order chi connectivity index (χ0) is 62.5. The minimum atomic E-state index is -2.22. The fourth-order valence-corrected chi connectivity index (χ4v) is 7.35. The van der Waals surface area contributed by atoms with Gasteiger partial charge in [-0.25, -0.2) is 0 Å². The Morgan fingerprint density at radius 3 is 1.01 bits per heavy atom. The first-order chi connectivity index (χ1) is 39.0. The molecule has 2 aromatic rings. The van der Waals surface area contributed by atoms with Crippen LogP contribution < -0.4 is 64.2 Å². The molecule has 0 aliphatic rings. The molecule has 0 saturated carbocycles. The molecule has 33 heteroatoms. The van der Waals surface area contributed by atoms with Crippen molar-refractivity contribution in [3.05, 3.63) is 71.8 Å². The van der Waals surface area contributed by atoms with Crippen molar-refractivity contribution in [2.75, 3.05) is 26.7 Å². The molecule has 0 bridgehead atoms. The number of primary amides is 1. The predicted molar refractivity (Wildman–Crippen MR) is 281 cm³/mol. The fourth-order valence-electron chi connectivity index (χ4n) is 7.35. The van der Waals surface area contributed by atoms with E-state index >= 15 is 0 Å². The number of hydrogen-bond donors (Lipinski definition) is 17. The number of benzene rings is 2. The molecule has 0 aromatic heterocycles. The number of carbonyl (C=O) groups is 16. The second kappa shape index (κ2) is 34.8. The van der Waals surface area contributed by atoms with Crippen molar-refractivity contribution < 1.29 is 102 Å². The number of carbonyl (C=O) groups excluding carboxylic acids is 11. The lowest BCUT2D eigenvalue weighted by atomic mass is 10.00. The van der Waals surface area contributed by atoms with Crippen molar-refractivity contribution >= 4 is 94.8 Å². The number of carboxylic acids is 5. The maximum Gasteiger partial charge on any atom is 0.305 e. The van der Waals surface area contributed by atoms with Gasteiger partial charge in [-0.2, -0.15) is 0 Å². The lowest BCUT2D eigenvalue weighted by Crippen LogP contribution is -2.61. The van der Waals surface area contributed by atoms with Crippen LogP contribution in [0.2, 0.25) is 0 Å². The van der Waals surface area contributed by atoms with E-state index < -0.39 is 201 Å². The van der Waals surface area contributed by atoms with Crippen molar-refractivity contribution in [2.45, 2.75) is 107 Å². The highest BCUT2D eigenvalue weighted by Crippen LogP contribution is 2.11. The Bertz CT molecular complexity index is 2710. The molecule has 33 nitrogen and oxygen atoms in total. The van der Waals surface area contributed by atoms with Gasteiger partial charge in [0.15, 0.2) is 0 Å². The first kappa shape index (κ1) is 69.0. The van der Waals surface area contributed by atoms with Gasteiger partial charge in [-0.1, -0.05) is 74.5 Å². The molecule has 0 radical (unpaired) electrons. The zero-order valence-electron chi connectivity index (χ0n) is 44.9. The lowest BCUT2D eigenvalue weighted by Gasteiger charge is -2.27. The number of carboxylic acid groups (broad SMARTS) is 5. The van der Waals surface area contributed by atoms with Gasteiger partial charge in [0.25, 0.3) is 0 Å². The van der Waals surface area contributed by atoms with Crippen LogP contribution in [0.4, 0.5) is 0 Å².